The van der Waals surface area contributed by atoms with E-state index in [0.717, 1.165) is 34.3 Å². The SMILES string of the molecule is CCc1nc2cc3[nH]c(=O)[nH]c3cc2[nH]1. The van der Waals surface area contributed by atoms with Gasteiger partial charge in [0.15, 0.2) is 0 Å². The molecule has 76 valence electrons. The van der Waals surface area contributed by atoms with Gasteiger partial charge in [-0.05, 0) is 12.1 Å². The van der Waals surface area contributed by atoms with Crippen LogP contribution in [0.3, 0.4) is 0 Å². The lowest BCUT2D eigenvalue weighted by atomic mass is 10.3. The van der Waals surface area contributed by atoms with Crippen LogP contribution in [0.1, 0.15) is 12.7 Å². The molecule has 0 spiro atoms. The van der Waals surface area contributed by atoms with Gasteiger partial charge in [-0.25, -0.2) is 9.78 Å². The predicted molar refractivity (Wildman–Crippen MR) is 57.9 cm³/mol. The average molecular weight is 202 g/mol. The van der Waals surface area contributed by atoms with E-state index in [1.165, 1.54) is 0 Å². The second-order valence-electron chi connectivity index (χ2n) is 3.53. The van der Waals surface area contributed by atoms with Crippen molar-refractivity contribution in [1.82, 2.24) is 19.9 Å². The first-order valence-electron chi connectivity index (χ1n) is 4.87. The Labute approximate surface area is 84.5 Å². The van der Waals surface area contributed by atoms with Gasteiger partial charge in [-0.3, -0.25) is 0 Å². The lowest BCUT2D eigenvalue weighted by Gasteiger charge is -1.88. The second-order valence-corrected chi connectivity index (χ2v) is 3.53. The smallest absolute Gasteiger partial charge is 0.323 e. The predicted octanol–water partition coefficient (Wildman–Crippen LogP) is 1.29. The third-order valence-electron chi connectivity index (χ3n) is 2.50. The van der Waals surface area contributed by atoms with Crippen molar-refractivity contribution in [2.24, 2.45) is 0 Å². The largest absolute Gasteiger partial charge is 0.342 e. The van der Waals surface area contributed by atoms with Crippen LogP contribution in [0, 0.1) is 0 Å². The maximum atomic E-state index is 11.1. The standard InChI is InChI=1S/C10H10N4O/c1-2-9-11-5-3-7-8(4-6(5)12-9)14-10(15)13-7/h3-4H,2H2,1H3,(H,11,12)(H2,13,14,15). The minimum absolute atomic E-state index is 0.187. The Bertz CT molecular complexity index is 634. The number of H-pyrrole nitrogens is 3. The first-order chi connectivity index (χ1) is 7.26. The quantitative estimate of drug-likeness (QED) is 0.556. The number of hydrogen-bond acceptors (Lipinski definition) is 2. The van der Waals surface area contributed by atoms with Gasteiger partial charge in [0, 0.05) is 6.42 Å². The van der Waals surface area contributed by atoms with Crippen LogP contribution < -0.4 is 5.69 Å². The van der Waals surface area contributed by atoms with Crippen LogP contribution in [0.25, 0.3) is 22.1 Å². The first-order valence-corrected chi connectivity index (χ1v) is 4.87. The van der Waals surface area contributed by atoms with Gasteiger partial charge >= 0.3 is 5.69 Å². The normalized spacial score (nSPS) is 11.5. The minimum Gasteiger partial charge on any atom is -0.342 e. The molecule has 15 heavy (non-hydrogen) atoms. The molecule has 5 heteroatoms. The molecule has 0 radical (unpaired) electrons. The zero-order valence-corrected chi connectivity index (χ0v) is 8.22. The molecule has 0 aliphatic carbocycles. The maximum Gasteiger partial charge on any atom is 0.323 e. The van der Waals surface area contributed by atoms with E-state index in [9.17, 15) is 4.79 Å². The molecule has 0 atom stereocenters. The van der Waals surface area contributed by atoms with Crippen molar-refractivity contribution in [3.8, 4) is 0 Å². The Hall–Kier alpha value is -2.04. The molecule has 1 aromatic carbocycles. The number of aromatic nitrogens is 4. The van der Waals surface area contributed by atoms with E-state index in [1.807, 2.05) is 19.1 Å². The van der Waals surface area contributed by atoms with Crippen molar-refractivity contribution in [3.63, 3.8) is 0 Å². The number of benzene rings is 1. The Kier molecular flexibility index (Phi) is 1.50. The highest BCUT2D eigenvalue weighted by Gasteiger charge is 2.04. The topological polar surface area (TPSA) is 77.3 Å². The Balaban J connectivity index is 2.42. The summed E-state index contributed by atoms with van der Waals surface area (Å²) in [6, 6.07) is 3.77. The summed E-state index contributed by atoms with van der Waals surface area (Å²) in [7, 11) is 0. The van der Waals surface area contributed by atoms with Crippen molar-refractivity contribution in [2.45, 2.75) is 13.3 Å². The number of imidazole rings is 2. The van der Waals surface area contributed by atoms with Crippen LogP contribution in [0.5, 0.6) is 0 Å². The lowest BCUT2D eigenvalue weighted by molar-refractivity contribution is 1.00. The number of nitrogens with one attached hydrogen (secondary N) is 3. The summed E-state index contributed by atoms with van der Waals surface area (Å²) < 4.78 is 0. The summed E-state index contributed by atoms with van der Waals surface area (Å²) in [4.78, 5) is 24.1. The highest BCUT2D eigenvalue weighted by molar-refractivity contribution is 5.91. The fourth-order valence-electron chi connectivity index (χ4n) is 1.76. The highest BCUT2D eigenvalue weighted by Crippen LogP contribution is 2.17. The summed E-state index contributed by atoms with van der Waals surface area (Å²) in [6.45, 7) is 2.05. The molecule has 0 unspecified atom stereocenters. The summed E-state index contributed by atoms with van der Waals surface area (Å²) in [6.07, 6.45) is 0.874. The van der Waals surface area contributed by atoms with Crippen molar-refractivity contribution in [3.05, 3.63) is 28.4 Å². The fraction of sp³-hybridized carbons (Fsp3) is 0.200. The van der Waals surface area contributed by atoms with Crippen LogP contribution in [0.4, 0.5) is 0 Å². The molecule has 0 aliphatic rings. The van der Waals surface area contributed by atoms with E-state index in [-0.39, 0.29) is 5.69 Å². The molecule has 3 aromatic rings. The Morgan fingerprint density at radius 3 is 2.60 bits per heavy atom. The molecule has 3 N–H and O–H groups in total. The molecule has 0 aliphatic heterocycles. The van der Waals surface area contributed by atoms with Crippen molar-refractivity contribution in [2.75, 3.05) is 0 Å². The van der Waals surface area contributed by atoms with Gasteiger partial charge in [0.1, 0.15) is 5.82 Å². The Morgan fingerprint density at radius 2 is 1.87 bits per heavy atom. The highest BCUT2D eigenvalue weighted by atomic mass is 16.1. The number of nitrogens with zero attached hydrogens (tertiary/aromatic N) is 1. The van der Waals surface area contributed by atoms with Crippen LogP contribution >= 0.6 is 0 Å². The lowest BCUT2D eigenvalue weighted by Crippen LogP contribution is -1.99. The van der Waals surface area contributed by atoms with Crippen LogP contribution in [-0.4, -0.2) is 19.9 Å². The van der Waals surface area contributed by atoms with Gasteiger partial charge in [0.25, 0.3) is 0 Å². The minimum atomic E-state index is -0.187. The molecule has 2 heterocycles. The van der Waals surface area contributed by atoms with Crippen LogP contribution in [-0.2, 0) is 6.42 Å². The molecule has 0 saturated carbocycles. The summed E-state index contributed by atoms with van der Waals surface area (Å²) in [5.41, 5.74) is 3.25. The molecule has 5 nitrogen and oxygen atoms in total. The summed E-state index contributed by atoms with van der Waals surface area (Å²) in [5, 5.41) is 0. The van der Waals surface area contributed by atoms with E-state index < -0.39 is 0 Å². The molecule has 0 saturated heterocycles. The molecule has 0 amide bonds. The van der Waals surface area contributed by atoms with Gasteiger partial charge in [-0.15, -0.1) is 0 Å². The van der Waals surface area contributed by atoms with Gasteiger partial charge in [0.2, 0.25) is 0 Å². The van der Waals surface area contributed by atoms with E-state index in [4.69, 9.17) is 0 Å². The van der Waals surface area contributed by atoms with Gasteiger partial charge in [-0.2, -0.15) is 0 Å². The van der Waals surface area contributed by atoms with E-state index in [0.29, 0.717) is 0 Å². The second kappa shape index (κ2) is 2.73. The van der Waals surface area contributed by atoms with E-state index in [2.05, 4.69) is 19.9 Å². The zero-order valence-electron chi connectivity index (χ0n) is 8.22. The molecular formula is C10H10N4O. The van der Waals surface area contributed by atoms with E-state index >= 15 is 0 Å². The van der Waals surface area contributed by atoms with Crippen molar-refractivity contribution in [1.29, 1.82) is 0 Å². The first kappa shape index (κ1) is 8.28. The average Bonchev–Trinajstić information content (AvgIpc) is 2.74. The molecule has 2 aromatic heterocycles. The number of fused-ring (bicyclic) bond motifs is 2. The van der Waals surface area contributed by atoms with Crippen molar-refractivity contribution >= 4 is 22.1 Å². The third kappa shape index (κ3) is 1.16. The van der Waals surface area contributed by atoms with Gasteiger partial charge < -0.3 is 15.0 Å². The fourth-order valence-corrected chi connectivity index (χ4v) is 1.76. The zero-order chi connectivity index (χ0) is 10.4. The van der Waals surface area contributed by atoms with Gasteiger partial charge in [0.05, 0.1) is 22.1 Å². The van der Waals surface area contributed by atoms with Crippen LogP contribution in [0.15, 0.2) is 16.9 Å². The molecule has 0 fully saturated rings. The summed E-state index contributed by atoms with van der Waals surface area (Å²) in [5.74, 6) is 0.958. The van der Waals surface area contributed by atoms with Crippen molar-refractivity contribution < 1.29 is 0 Å². The number of hydrogen-bond donors (Lipinski definition) is 3. The summed E-state index contributed by atoms with van der Waals surface area (Å²) >= 11 is 0. The van der Waals surface area contributed by atoms with Gasteiger partial charge in [-0.1, -0.05) is 6.92 Å². The third-order valence-corrected chi connectivity index (χ3v) is 2.50. The molecule has 3 rings (SSSR count). The number of aromatic amines is 3. The maximum absolute atomic E-state index is 11.1. The van der Waals surface area contributed by atoms with E-state index in [1.54, 1.807) is 0 Å². The Morgan fingerprint density at radius 1 is 1.13 bits per heavy atom. The number of aryl methyl sites for hydroxylation is 1. The number of rotatable bonds is 1. The molecular weight excluding hydrogens is 192 g/mol. The molecule has 0 bridgehead atoms. The van der Waals surface area contributed by atoms with Crippen LogP contribution in [0.2, 0.25) is 0 Å². The monoisotopic (exact) mass is 202 g/mol.